The molecule has 152 valence electrons. The lowest BCUT2D eigenvalue weighted by Crippen LogP contribution is -2.10. The molecule has 2 heterocycles. The second-order valence-corrected chi connectivity index (χ2v) is 6.37. The van der Waals surface area contributed by atoms with Gasteiger partial charge in [0.2, 0.25) is 11.6 Å². The number of alkyl halides is 3. The maximum Gasteiger partial charge on any atom is 0.416 e. The van der Waals surface area contributed by atoms with E-state index in [2.05, 4.69) is 25.6 Å². The maximum atomic E-state index is 13.0. The molecule has 2 aromatic carbocycles. The Bertz CT molecular complexity index is 1280. The molecule has 0 saturated heterocycles. The minimum absolute atomic E-state index is 0.0799. The molecule has 2 aromatic heterocycles. The standard InChI is InChI=1S/C17H9ClF3N7O2/c18-10-6-5-9(17(19,20)21)7-12(10)24-15-14(28(29)30)16(23-8-22-15)27-13-4-2-1-3-11(13)25-26-27/h1-8H,(H,22,23,24). The Labute approximate surface area is 170 Å². The Balaban J connectivity index is 1.85. The highest BCUT2D eigenvalue weighted by atomic mass is 35.5. The van der Waals surface area contributed by atoms with E-state index in [4.69, 9.17) is 11.6 Å². The van der Waals surface area contributed by atoms with Gasteiger partial charge in [-0.3, -0.25) is 10.1 Å². The molecule has 0 unspecified atom stereocenters. The predicted octanol–water partition coefficient (Wildman–Crippen LogP) is 4.53. The molecule has 0 amide bonds. The zero-order valence-corrected chi connectivity index (χ0v) is 15.4. The van der Waals surface area contributed by atoms with Crippen LogP contribution in [0.25, 0.3) is 16.9 Å². The second-order valence-electron chi connectivity index (χ2n) is 5.96. The molecule has 0 aliphatic carbocycles. The first-order valence-electron chi connectivity index (χ1n) is 8.19. The molecular weight excluding hydrogens is 427 g/mol. The van der Waals surface area contributed by atoms with E-state index in [1.807, 2.05) is 0 Å². The molecule has 0 bridgehead atoms. The van der Waals surface area contributed by atoms with E-state index in [0.29, 0.717) is 11.0 Å². The summed E-state index contributed by atoms with van der Waals surface area (Å²) in [5, 5.41) is 22.0. The number of nitro groups is 1. The minimum atomic E-state index is -4.62. The fourth-order valence-electron chi connectivity index (χ4n) is 2.73. The largest absolute Gasteiger partial charge is 0.416 e. The van der Waals surface area contributed by atoms with Crippen molar-refractivity contribution in [3.8, 4) is 5.82 Å². The average molecular weight is 436 g/mol. The van der Waals surface area contributed by atoms with Crippen LogP contribution in [0.1, 0.15) is 5.56 Å². The van der Waals surface area contributed by atoms with E-state index in [0.717, 1.165) is 29.2 Å². The van der Waals surface area contributed by atoms with Crippen molar-refractivity contribution in [2.75, 3.05) is 5.32 Å². The van der Waals surface area contributed by atoms with Gasteiger partial charge in [0.25, 0.3) is 0 Å². The summed E-state index contributed by atoms with van der Waals surface area (Å²) in [4.78, 5) is 18.8. The fraction of sp³-hybridized carbons (Fsp3) is 0.0588. The van der Waals surface area contributed by atoms with E-state index in [1.54, 1.807) is 24.3 Å². The maximum absolute atomic E-state index is 13.0. The van der Waals surface area contributed by atoms with E-state index >= 15 is 0 Å². The van der Waals surface area contributed by atoms with Crippen LogP contribution in [0.5, 0.6) is 0 Å². The predicted molar refractivity (Wildman–Crippen MR) is 101 cm³/mol. The number of fused-ring (bicyclic) bond motifs is 1. The molecule has 0 radical (unpaired) electrons. The number of aromatic nitrogens is 5. The number of benzene rings is 2. The summed E-state index contributed by atoms with van der Waals surface area (Å²) in [6.45, 7) is 0. The minimum Gasteiger partial charge on any atom is -0.333 e. The third-order valence-electron chi connectivity index (χ3n) is 4.08. The zero-order valence-electron chi connectivity index (χ0n) is 14.6. The number of nitrogens with one attached hydrogen (secondary N) is 1. The number of hydrogen-bond donors (Lipinski definition) is 1. The van der Waals surface area contributed by atoms with E-state index < -0.39 is 22.4 Å². The smallest absolute Gasteiger partial charge is 0.333 e. The van der Waals surface area contributed by atoms with Crippen LogP contribution in [-0.2, 0) is 6.18 Å². The summed E-state index contributed by atoms with van der Waals surface area (Å²) >= 11 is 5.97. The topological polar surface area (TPSA) is 112 Å². The summed E-state index contributed by atoms with van der Waals surface area (Å²) in [5.41, 5.74) is -0.874. The van der Waals surface area contributed by atoms with Gasteiger partial charge in [0.05, 0.1) is 26.7 Å². The molecule has 4 rings (SSSR count). The first-order valence-corrected chi connectivity index (χ1v) is 8.57. The lowest BCUT2D eigenvalue weighted by molar-refractivity contribution is -0.384. The Hall–Kier alpha value is -3.80. The van der Waals surface area contributed by atoms with Gasteiger partial charge in [-0.1, -0.05) is 28.9 Å². The number of hydrogen-bond acceptors (Lipinski definition) is 7. The Kier molecular flexibility index (Phi) is 4.70. The molecule has 0 fully saturated rings. The van der Waals surface area contributed by atoms with Gasteiger partial charge in [-0.2, -0.15) is 17.9 Å². The van der Waals surface area contributed by atoms with E-state index in [1.165, 1.54) is 0 Å². The van der Waals surface area contributed by atoms with Gasteiger partial charge in [-0.15, -0.1) is 5.10 Å². The number of halogens is 4. The van der Waals surface area contributed by atoms with Crippen molar-refractivity contribution >= 4 is 39.8 Å². The van der Waals surface area contributed by atoms with Crippen molar-refractivity contribution in [1.29, 1.82) is 0 Å². The molecule has 1 N–H and O–H groups in total. The van der Waals surface area contributed by atoms with Gasteiger partial charge < -0.3 is 5.32 Å². The van der Waals surface area contributed by atoms with E-state index in [9.17, 15) is 23.3 Å². The van der Waals surface area contributed by atoms with Crippen LogP contribution in [0.15, 0.2) is 48.8 Å². The highest BCUT2D eigenvalue weighted by Crippen LogP contribution is 2.37. The van der Waals surface area contributed by atoms with Crippen LogP contribution >= 0.6 is 11.6 Å². The van der Waals surface area contributed by atoms with Crippen molar-refractivity contribution in [1.82, 2.24) is 25.0 Å². The molecule has 13 heteroatoms. The van der Waals surface area contributed by atoms with Crippen molar-refractivity contribution in [3.63, 3.8) is 0 Å². The third kappa shape index (κ3) is 3.48. The van der Waals surface area contributed by atoms with Crippen molar-refractivity contribution in [2.45, 2.75) is 6.18 Å². The van der Waals surface area contributed by atoms with Crippen LogP contribution in [0.3, 0.4) is 0 Å². The molecule has 30 heavy (non-hydrogen) atoms. The summed E-state index contributed by atoms with van der Waals surface area (Å²) in [5.74, 6) is -0.569. The molecule has 0 saturated carbocycles. The zero-order chi connectivity index (χ0) is 21.5. The van der Waals surface area contributed by atoms with Crippen molar-refractivity contribution in [3.05, 3.63) is 69.5 Å². The summed E-state index contributed by atoms with van der Waals surface area (Å²) in [7, 11) is 0. The van der Waals surface area contributed by atoms with E-state index in [-0.39, 0.29) is 22.3 Å². The molecule has 0 atom stereocenters. The highest BCUT2D eigenvalue weighted by Gasteiger charge is 2.32. The summed E-state index contributed by atoms with van der Waals surface area (Å²) < 4.78 is 40.2. The quantitative estimate of drug-likeness (QED) is 0.370. The Morgan fingerprint density at radius 2 is 1.90 bits per heavy atom. The van der Waals surface area contributed by atoms with Crippen LogP contribution in [0.4, 0.5) is 30.4 Å². The molecule has 0 aliphatic heterocycles. The SMILES string of the molecule is O=[N+]([O-])c1c(Nc2cc(C(F)(F)F)ccc2Cl)ncnc1-n1nnc2ccccc21. The average Bonchev–Trinajstić information content (AvgIpc) is 3.12. The van der Waals surface area contributed by atoms with Gasteiger partial charge in [-0.25, -0.2) is 9.97 Å². The lowest BCUT2D eigenvalue weighted by Gasteiger charge is -2.12. The van der Waals surface area contributed by atoms with Crippen LogP contribution in [0.2, 0.25) is 5.02 Å². The lowest BCUT2D eigenvalue weighted by atomic mass is 10.2. The van der Waals surface area contributed by atoms with Crippen LogP contribution in [0, 0.1) is 10.1 Å². The molecular formula is C17H9ClF3N7O2. The monoisotopic (exact) mass is 435 g/mol. The highest BCUT2D eigenvalue weighted by molar-refractivity contribution is 6.33. The molecule has 4 aromatic rings. The van der Waals surface area contributed by atoms with Gasteiger partial charge >= 0.3 is 11.9 Å². The number of nitrogens with zero attached hydrogens (tertiary/aromatic N) is 6. The van der Waals surface area contributed by atoms with Crippen molar-refractivity contribution < 1.29 is 18.1 Å². The summed E-state index contributed by atoms with van der Waals surface area (Å²) in [6.07, 6.45) is -3.61. The third-order valence-corrected chi connectivity index (χ3v) is 4.41. The Morgan fingerprint density at radius 3 is 2.63 bits per heavy atom. The molecule has 9 nitrogen and oxygen atoms in total. The molecule has 0 spiro atoms. The number of anilines is 2. The van der Waals surface area contributed by atoms with Gasteiger partial charge in [0, 0.05) is 0 Å². The van der Waals surface area contributed by atoms with Gasteiger partial charge in [0.1, 0.15) is 11.8 Å². The fourth-order valence-corrected chi connectivity index (χ4v) is 2.90. The van der Waals surface area contributed by atoms with Crippen LogP contribution < -0.4 is 5.32 Å². The second kappa shape index (κ2) is 7.22. The first-order chi connectivity index (χ1) is 14.3. The van der Waals surface area contributed by atoms with Crippen LogP contribution in [-0.4, -0.2) is 29.9 Å². The summed E-state index contributed by atoms with van der Waals surface area (Å²) in [6, 6.07) is 9.28. The van der Waals surface area contributed by atoms with Gasteiger partial charge in [0.15, 0.2) is 0 Å². The number of para-hydroxylation sites is 1. The Morgan fingerprint density at radius 1 is 1.13 bits per heavy atom. The normalized spacial score (nSPS) is 11.6. The first kappa shape index (κ1) is 19.5. The molecule has 0 aliphatic rings. The van der Waals surface area contributed by atoms with Crippen molar-refractivity contribution in [2.24, 2.45) is 0 Å². The number of rotatable bonds is 4. The van der Waals surface area contributed by atoms with Gasteiger partial charge in [-0.05, 0) is 30.3 Å².